The van der Waals surface area contributed by atoms with E-state index in [9.17, 15) is 4.79 Å². The molecule has 1 aromatic heterocycles. The Bertz CT molecular complexity index is 799. The number of aromatic nitrogens is 2. The number of halogens is 1. The Morgan fingerprint density at radius 1 is 1.09 bits per heavy atom. The zero-order chi connectivity index (χ0) is 16.1. The highest BCUT2D eigenvalue weighted by Crippen LogP contribution is 2.10. The summed E-state index contributed by atoms with van der Waals surface area (Å²) < 4.78 is 1.83. The number of rotatable bonds is 5. The second-order valence-corrected chi connectivity index (χ2v) is 5.54. The number of amides is 1. The van der Waals surface area contributed by atoms with Crippen LogP contribution in [0.3, 0.4) is 0 Å². The Morgan fingerprint density at radius 2 is 1.91 bits per heavy atom. The Morgan fingerprint density at radius 3 is 2.70 bits per heavy atom. The van der Waals surface area contributed by atoms with Gasteiger partial charge in [-0.1, -0.05) is 35.9 Å². The summed E-state index contributed by atoms with van der Waals surface area (Å²) in [4.78, 5) is 12.0. The molecule has 23 heavy (non-hydrogen) atoms. The number of nitrogens with one attached hydrogen (secondary N) is 1. The summed E-state index contributed by atoms with van der Waals surface area (Å²) in [5.41, 5.74) is 2.51. The SMILES string of the molecule is O=C(NCCc1ccn(-c2ccccc2)n1)c1cccc(Cl)c1. The molecule has 0 bridgehead atoms. The van der Waals surface area contributed by atoms with Crippen molar-refractivity contribution < 1.29 is 4.79 Å². The third kappa shape index (κ3) is 3.99. The quantitative estimate of drug-likeness (QED) is 0.780. The van der Waals surface area contributed by atoms with Crippen LogP contribution >= 0.6 is 11.6 Å². The summed E-state index contributed by atoms with van der Waals surface area (Å²) in [5.74, 6) is -0.130. The van der Waals surface area contributed by atoms with Crippen molar-refractivity contribution in [1.82, 2.24) is 15.1 Å². The fourth-order valence-corrected chi connectivity index (χ4v) is 2.45. The predicted molar refractivity (Wildman–Crippen MR) is 91.1 cm³/mol. The zero-order valence-electron chi connectivity index (χ0n) is 12.4. The Labute approximate surface area is 139 Å². The molecule has 3 rings (SSSR count). The second-order valence-electron chi connectivity index (χ2n) is 5.10. The van der Waals surface area contributed by atoms with Crippen molar-refractivity contribution in [3.05, 3.63) is 83.1 Å². The molecule has 0 atom stereocenters. The standard InChI is InChI=1S/C18H16ClN3O/c19-15-6-4-5-14(13-15)18(23)20-11-9-16-10-12-22(21-16)17-7-2-1-3-8-17/h1-8,10,12-13H,9,11H2,(H,20,23). The van der Waals surface area contributed by atoms with Crippen LogP contribution in [0.1, 0.15) is 16.1 Å². The van der Waals surface area contributed by atoms with Gasteiger partial charge in [-0.25, -0.2) is 4.68 Å². The van der Waals surface area contributed by atoms with Crippen LogP contribution in [0.4, 0.5) is 0 Å². The van der Waals surface area contributed by atoms with Gasteiger partial charge in [0.2, 0.25) is 0 Å². The molecule has 0 unspecified atom stereocenters. The first kappa shape index (κ1) is 15.3. The van der Waals surface area contributed by atoms with E-state index >= 15 is 0 Å². The van der Waals surface area contributed by atoms with Gasteiger partial charge in [0, 0.05) is 29.7 Å². The maximum absolute atomic E-state index is 12.0. The van der Waals surface area contributed by atoms with Gasteiger partial charge in [-0.2, -0.15) is 5.10 Å². The van der Waals surface area contributed by atoms with E-state index in [1.807, 2.05) is 47.3 Å². The summed E-state index contributed by atoms with van der Waals surface area (Å²) in [5, 5.41) is 7.94. The summed E-state index contributed by atoms with van der Waals surface area (Å²) in [6.07, 6.45) is 2.59. The van der Waals surface area contributed by atoms with Gasteiger partial charge in [-0.3, -0.25) is 4.79 Å². The van der Waals surface area contributed by atoms with E-state index in [-0.39, 0.29) is 5.91 Å². The molecule has 0 saturated heterocycles. The lowest BCUT2D eigenvalue weighted by atomic mass is 10.2. The van der Waals surface area contributed by atoms with Crippen molar-refractivity contribution in [2.75, 3.05) is 6.54 Å². The van der Waals surface area contributed by atoms with Gasteiger partial charge in [0.25, 0.3) is 5.91 Å². The number of carbonyl (C=O) groups excluding carboxylic acids is 1. The molecule has 5 heteroatoms. The van der Waals surface area contributed by atoms with Crippen LogP contribution in [0, 0.1) is 0 Å². The molecule has 4 nitrogen and oxygen atoms in total. The Kier molecular flexibility index (Phi) is 4.74. The number of hydrogen-bond donors (Lipinski definition) is 1. The highest BCUT2D eigenvalue weighted by Gasteiger charge is 2.06. The minimum Gasteiger partial charge on any atom is -0.352 e. The van der Waals surface area contributed by atoms with Gasteiger partial charge >= 0.3 is 0 Å². The van der Waals surface area contributed by atoms with Crippen molar-refractivity contribution >= 4 is 17.5 Å². The van der Waals surface area contributed by atoms with Gasteiger partial charge in [-0.15, -0.1) is 0 Å². The van der Waals surface area contributed by atoms with Crippen molar-refractivity contribution in [1.29, 1.82) is 0 Å². The summed E-state index contributed by atoms with van der Waals surface area (Å²) in [6.45, 7) is 0.525. The molecule has 2 aromatic carbocycles. The van der Waals surface area contributed by atoms with Crippen molar-refractivity contribution in [2.45, 2.75) is 6.42 Å². The number of para-hydroxylation sites is 1. The maximum Gasteiger partial charge on any atom is 0.251 e. The van der Waals surface area contributed by atoms with Crippen LogP contribution < -0.4 is 5.32 Å². The van der Waals surface area contributed by atoms with Crippen LogP contribution in [0.2, 0.25) is 5.02 Å². The molecule has 0 aliphatic carbocycles. The molecule has 1 heterocycles. The number of benzene rings is 2. The third-order valence-corrected chi connectivity index (χ3v) is 3.65. The lowest BCUT2D eigenvalue weighted by molar-refractivity contribution is 0.0954. The third-order valence-electron chi connectivity index (χ3n) is 3.42. The summed E-state index contributed by atoms with van der Waals surface area (Å²) >= 11 is 5.89. The van der Waals surface area contributed by atoms with E-state index < -0.39 is 0 Å². The van der Waals surface area contributed by atoms with E-state index in [2.05, 4.69) is 10.4 Å². The van der Waals surface area contributed by atoms with Crippen molar-refractivity contribution in [3.8, 4) is 5.69 Å². The monoisotopic (exact) mass is 325 g/mol. The molecule has 0 aliphatic rings. The topological polar surface area (TPSA) is 46.9 Å². The molecule has 116 valence electrons. The predicted octanol–water partition coefficient (Wildman–Crippen LogP) is 3.50. The molecule has 3 aromatic rings. The van der Waals surface area contributed by atoms with Crippen LogP contribution in [-0.4, -0.2) is 22.2 Å². The first-order valence-electron chi connectivity index (χ1n) is 7.36. The van der Waals surface area contributed by atoms with Gasteiger partial charge in [0.15, 0.2) is 0 Å². The lowest BCUT2D eigenvalue weighted by Gasteiger charge is -2.04. The van der Waals surface area contributed by atoms with Gasteiger partial charge in [0.05, 0.1) is 11.4 Å². The van der Waals surface area contributed by atoms with Crippen LogP contribution in [-0.2, 0) is 6.42 Å². The number of hydrogen-bond acceptors (Lipinski definition) is 2. The molecule has 0 spiro atoms. The first-order chi connectivity index (χ1) is 11.2. The fourth-order valence-electron chi connectivity index (χ4n) is 2.26. The molecular weight excluding hydrogens is 310 g/mol. The largest absolute Gasteiger partial charge is 0.352 e. The number of carbonyl (C=O) groups is 1. The minimum atomic E-state index is -0.130. The highest BCUT2D eigenvalue weighted by molar-refractivity contribution is 6.30. The molecule has 0 fully saturated rings. The van der Waals surface area contributed by atoms with Crippen LogP contribution in [0.25, 0.3) is 5.69 Å². The molecule has 1 amide bonds. The minimum absolute atomic E-state index is 0.130. The molecule has 1 N–H and O–H groups in total. The van der Waals surface area contributed by atoms with Crippen LogP contribution in [0.5, 0.6) is 0 Å². The van der Waals surface area contributed by atoms with E-state index in [4.69, 9.17) is 11.6 Å². The van der Waals surface area contributed by atoms with E-state index in [0.29, 0.717) is 23.6 Å². The van der Waals surface area contributed by atoms with Crippen molar-refractivity contribution in [2.24, 2.45) is 0 Å². The smallest absolute Gasteiger partial charge is 0.251 e. The normalized spacial score (nSPS) is 10.5. The average molecular weight is 326 g/mol. The zero-order valence-corrected chi connectivity index (χ0v) is 13.2. The van der Waals surface area contributed by atoms with Gasteiger partial charge in [-0.05, 0) is 36.4 Å². The number of nitrogens with zero attached hydrogens (tertiary/aromatic N) is 2. The summed E-state index contributed by atoms with van der Waals surface area (Å²) in [7, 11) is 0. The maximum atomic E-state index is 12.0. The molecule has 0 radical (unpaired) electrons. The summed E-state index contributed by atoms with van der Waals surface area (Å²) in [6, 6.07) is 18.8. The van der Waals surface area contributed by atoms with E-state index in [1.165, 1.54) is 0 Å². The molecule has 0 aliphatic heterocycles. The van der Waals surface area contributed by atoms with Gasteiger partial charge < -0.3 is 5.32 Å². The Hall–Kier alpha value is -2.59. The lowest BCUT2D eigenvalue weighted by Crippen LogP contribution is -2.25. The average Bonchev–Trinajstić information content (AvgIpc) is 3.04. The fraction of sp³-hybridized carbons (Fsp3) is 0.111. The molecule has 0 saturated carbocycles. The van der Waals surface area contributed by atoms with Crippen molar-refractivity contribution in [3.63, 3.8) is 0 Å². The second kappa shape index (κ2) is 7.11. The van der Waals surface area contributed by atoms with E-state index in [0.717, 1.165) is 11.4 Å². The Balaban J connectivity index is 1.55. The highest BCUT2D eigenvalue weighted by atomic mass is 35.5. The first-order valence-corrected chi connectivity index (χ1v) is 7.74. The van der Waals surface area contributed by atoms with E-state index in [1.54, 1.807) is 24.3 Å². The van der Waals surface area contributed by atoms with Crippen LogP contribution in [0.15, 0.2) is 66.9 Å². The molecular formula is C18H16ClN3O. The van der Waals surface area contributed by atoms with Gasteiger partial charge in [0.1, 0.15) is 0 Å².